The maximum Gasteiger partial charge on any atom is 0.195 e. The van der Waals surface area contributed by atoms with E-state index >= 15 is 0 Å². The van der Waals surface area contributed by atoms with Crippen LogP contribution >= 0.6 is 0 Å². The highest BCUT2D eigenvalue weighted by Crippen LogP contribution is 2.23. The molecule has 2 aromatic rings. The fourth-order valence-corrected chi connectivity index (χ4v) is 3.12. The lowest BCUT2D eigenvalue weighted by molar-refractivity contribution is -0.703. The van der Waals surface area contributed by atoms with Gasteiger partial charge in [0.15, 0.2) is 11.9 Å². The van der Waals surface area contributed by atoms with Crippen molar-refractivity contribution in [3.8, 4) is 17.2 Å². The Hall–Kier alpha value is -2.38. The second-order valence-electron chi connectivity index (χ2n) is 6.08. The first-order valence-corrected chi connectivity index (χ1v) is 8.64. The predicted octanol–water partition coefficient (Wildman–Crippen LogP) is 2.95. The van der Waals surface area contributed by atoms with Crippen molar-refractivity contribution in [1.29, 1.82) is 5.26 Å². The third-order valence-corrected chi connectivity index (χ3v) is 4.42. The van der Waals surface area contributed by atoms with Gasteiger partial charge in [-0.15, -0.1) is 0 Å². The van der Waals surface area contributed by atoms with Crippen LogP contribution < -0.4 is 9.47 Å². The van der Waals surface area contributed by atoms with Crippen molar-refractivity contribution in [2.45, 2.75) is 26.3 Å². The maximum absolute atomic E-state index is 8.98. The monoisotopic (exact) mass is 322 g/mol. The summed E-state index contributed by atoms with van der Waals surface area (Å²) < 4.78 is 7.62. The molecule has 0 saturated carbocycles. The van der Waals surface area contributed by atoms with Crippen LogP contribution in [0.4, 0.5) is 5.69 Å². The predicted molar refractivity (Wildman–Crippen MR) is 94.7 cm³/mol. The minimum Gasteiger partial charge on any atom is -0.378 e. The summed E-state index contributed by atoms with van der Waals surface area (Å²) in [4.78, 5) is 2.36. The van der Waals surface area contributed by atoms with E-state index in [1.165, 1.54) is 16.8 Å². The van der Waals surface area contributed by atoms with E-state index in [1.54, 1.807) is 0 Å². The highest BCUT2D eigenvalue weighted by molar-refractivity contribution is 5.65. The van der Waals surface area contributed by atoms with Crippen LogP contribution in [0.5, 0.6) is 0 Å². The summed E-state index contributed by atoms with van der Waals surface area (Å²) in [6.45, 7) is 6.62. The van der Waals surface area contributed by atoms with Gasteiger partial charge < -0.3 is 9.64 Å². The van der Waals surface area contributed by atoms with E-state index in [1.807, 2.05) is 0 Å². The number of hydrogen-bond acceptors (Lipinski definition) is 3. The molecule has 1 aliphatic heterocycles. The van der Waals surface area contributed by atoms with Crippen LogP contribution in [-0.4, -0.2) is 26.3 Å². The van der Waals surface area contributed by atoms with Gasteiger partial charge in [0.25, 0.3) is 0 Å². The van der Waals surface area contributed by atoms with Crippen LogP contribution in [0.1, 0.15) is 19.0 Å². The van der Waals surface area contributed by atoms with Gasteiger partial charge in [0, 0.05) is 36.8 Å². The summed E-state index contributed by atoms with van der Waals surface area (Å²) in [5.41, 5.74) is 4.73. The van der Waals surface area contributed by atoms with E-state index in [9.17, 15) is 0 Å². The number of ether oxygens (including phenoxy) is 1. The minimum atomic E-state index is 0.455. The van der Waals surface area contributed by atoms with E-state index < -0.39 is 0 Å². The zero-order valence-electron chi connectivity index (χ0n) is 14.2. The summed E-state index contributed by atoms with van der Waals surface area (Å²) in [6, 6.07) is 15.2. The quantitative estimate of drug-likeness (QED) is 0.795. The zero-order valence-corrected chi connectivity index (χ0v) is 14.2. The van der Waals surface area contributed by atoms with Crippen LogP contribution in [0.15, 0.2) is 42.6 Å². The Morgan fingerprint density at radius 1 is 1.08 bits per heavy atom. The number of aromatic nitrogens is 1. The number of aryl methyl sites for hydroxylation is 1. The van der Waals surface area contributed by atoms with E-state index in [0.29, 0.717) is 6.42 Å². The second-order valence-corrected chi connectivity index (χ2v) is 6.08. The number of hydrogen-bond donors (Lipinski definition) is 0. The van der Waals surface area contributed by atoms with Crippen LogP contribution in [0.2, 0.25) is 0 Å². The molecule has 3 rings (SSSR count). The van der Waals surface area contributed by atoms with Gasteiger partial charge in [0.1, 0.15) is 13.0 Å². The topological polar surface area (TPSA) is 40.1 Å². The number of rotatable bonds is 5. The number of nitriles is 1. The maximum atomic E-state index is 8.98. The van der Waals surface area contributed by atoms with E-state index in [4.69, 9.17) is 10.00 Å². The largest absolute Gasteiger partial charge is 0.378 e. The van der Waals surface area contributed by atoms with Gasteiger partial charge >= 0.3 is 0 Å². The Kier molecular flexibility index (Phi) is 5.45. The normalized spacial score (nSPS) is 14.4. The first-order chi connectivity index (χ1) is 11.8. The van der Waals surface area contributed by atoms with E-state index in [-0.39, 0.29) is 0 Å². The highest BCUT2D eigenvalue weighted by Gasteiger charge is 2.14. The molecule has 0 amide bonds. The van der Waals surface area contributed by atoms with Crippen LogP contribution in [0, 0.1) is 11.3 Å². The van der Waals surface area contributed by atoms with Gasteiger partial charge in [-0.1, -0.05) is 19.1 Å². The molecule has 124 valence electrons. The fourth-order valence-electron chi connectivity index (χ4n) is 3.12. The molecular formula is C20H24N3O+. The molecular weight excluding hydrogens is 298 g/mol. The fraction of sp³-hybridized carbons (Fsp3) is 0.400. The Labute approximate surface area is 143 Å². The summed E-state index contributed by atoms with van der Waals surface area (Å²) in [5, 5.41) is 8.98. The number of benzene rings is 1. The molecule has 0 radical (unpaired) electrons. The van der Waals surface area contributed by atoms with Crippen molar-refractivity contribution in [1.82, 2.24) is 0 Å². The van der Waals surface area contributed by atoms with E-state index in [2.05, 4.69) is 65.1 Å². The molecule has 1 aromatic carbocycles. The number of morpholine rings is 1. The molecule has 4 nitrogen and oxygen atoms in total. The van der Waals surface area contributed by atoms with Gasteiger partial charge in [0.05, 0.1) is 19.3 Å². The second kappa shape index (κ2) is 7.94. The van der Waals surface area contributed by atoms with Crippen molar-refractivity contribution in [2.24, 2.45) is 0 Å². The first-order valence-electron chi connectivity index (χ1n) is 8.64. The molecule has 1 aromatic heterocycles. The van der Waals surface area contributed by atoms with Gasteiger partial charge in [-0.25, -0.2) is 4.57 Å². The molecule has 0 unspecified atom stereocenters. The summed E-state index contributed by atoms with van der Waals surface area (Å²) in [6.07, 6.45) is 3.68. The number of nitrogens with zero attached hydrogens (tertiary/aromatic N) is 3. The van der Waals surface area contributed by atoms with Crippen molar-refractivity contribution < 1.29 is 9.30 Å². The molecule has 0 atom stereocenters. The van der Waals surface area contributed by atoms with Crippen molar-refractivity contribution >= 4 is 5.69 Å². The van der Waals surface area contributed by atoms with Gasteiger partial charge in [-0.3, -0.25) is 0 Å². The Bertz CT molecular complexity index is 713. The van der Waals surface area contributed by atoms with Gasteiger partial charge in [0.2, 0.25) is 0 Å². The Morgan fingerprint density at radius 3 is 2.46 bits per heavy atom. The van der Waals surface area contributed by atoms with Crippen molar-refractivity contribution in [3.05, 3.63) is 48.3 Å². The summed E-state index contributed by atoms with van der Waals surface area (Å²) in [5.74, 6) is 0. The first kappa shape index (κ1) is 16.5. The Balaban J connectivity index is 1.83. The molecule has 24 heavy (non-hydrogen) atoms. The minimum absolute atomic E-state index is 0.455. The summed E-state index contributed by atoms with van der Waals surface area (Å²) in [7, 11) is 0. The molecule has 0 aliphatic carbocycles. The highest BCUT2D eigenvalue weighted by atomic mass is 16.5. The molecule has 4 heteroatoms. The van der Waals surface area contributed by atoms with Crippen LogP contribution in [-0.2, 0) is 17.7 Å². The van der Waals surface area contributed by atoms with Crippen LogP contribution in [0.3, 0.4) is 0 Å². The molecule has 0 spiro atoms. The SMILES string of the molecule is CCC[n+]1cc(-c2ccc(N3CCOCC3)cc2)ccc1CC#N. The standard InChI is InChI=1S/C20H24N3O/c1-2-11-23-16-18(5-8-20(23)9-10-21)17-3-6-19(7-4-17)22-12-14-24-15-13-22/h3-8,16H,2,9,11-15H2,1H3/q+1. The van der Waals surface area contributed by atoms with Crippen molar-refractivity contribution in [3.63, 3.8) is 0 Å². The molecule has 1 fully saturated rings. The summed E-state index contributed by atoms with van der Waals surface area (Å²) >= 11 is 0. The van der Waals surface area contributed by atoms with Gasteiger partial charge in [-0.2, -0.15) is 5.26 Å². The molecule has 0 N–H and O–H groups in total. The smallest absolute Gasteiger partial charge is 0.195 e. The van der Waals surface area contributed by atoms with E-state index in [0.717, 1.165) is 45.0 Å². The van der Waals surface area contributed by atoms with Gasteiger partial charge in [-0.05, 0) is 23.8 Å². The molecule has 2 heterocycles. The average molecular weight is 322 g/mol. The molecule has 1 saturated heterocycles. The zero-order chi connectivity index (χ0) is 16.8. The number of pyridine rings is 1. The third kappa shape index (κ3) is 3.74. The Morgan fingerprint density at radius 2 is 1.79 bits per heavy atom. The average Bonchev–Trinajstić information content (AvgIpc) is 2.64. The van der Waals surface area contributed by atoms with Crippen LogP contribution in [0.25, 0.3) is 11.1 Å². The third-order valence-electron chi connectivity index (χ3n) is 4.42. The lowest BCUT2D eigenvalue weighted by Crippen LogP contribution is -2.38. The van der Waals surface area contributed by atoms with Crippen molar-refractivity contribution in [2.75, 3.05) is 31.2 Å². The molecule has 1 aliphatic rings. The molecule has 0 bridgehead atoms. The lowest BCUT2D eigenvalue weighted by Gasteiger charge is -2.28. The number of anilines is 1. The lowest BCUT2D eigenvalue weighted by atomic mass is 10.1.